The maximum Gasteiger partial charge on any atom is 0.0136 e. The Balaban J connectivity index is 1.98. The molecule has 2 bridgehead atoms. The van der Waals surface area contributed by atoms with Gasteiger partial charge >= 0.3 is 0 Å². The molecule has 11 heavy (non-hydrogen) atoms. The molecule has 2 aliphatic rings. The lowest BCUT2D eigenvalue weighted by molar-refractivity contribution is 0.468. The Morgan fingerprint density at radius 2 is 2.27 bits per heavy atom. The van der Waals surface area contributed by atoms with Gasteiger partial charge in [-0.1, -0.05) is 23.2 Å². The van der Waals surface area contributed by atoms with E-state index >= 15 is 0 Å². The highest BCUT2D eigenvalue weighted by Crippen LogP contribution is 2.43. The molecular formula is C8H11O2S-. The molecule has 1 fully saturated rings. The van der Waals surface area contributed by atoms with Crippen LogP contribution in [-0.4, -0.2) is 14.5 Å². The van der Waals surface area contributed by atoms with E-state index in [9.17, 15) is 8.76 Å². The third-order valence-corrected chi connectivity index (χ3v) is 3.47. The fraction of sp³-hybridized carbons (Fsp3) is 0.750. The third-order valence-electron chi connectivity index (χ3n) is 2.77. The SMILES string of the molecule is O=S([O-])CC1CC2C=CC1C2. The molecule has 1 saturated carbocycles. The highest BCUT2D eigenvalue weighted by atomic mass is 32.2. The van der Waals surface area contributed by atoms with Crippen molar-refractivity contribution in [2.75, 3.05) is 5.75 Å². The van der Waals surface area contributed by atoms with Crippen molar-refractivity contribution < 1.29 is 8.76 Å². The minimum absolute atomic E-state index is 0.367. The van der Waals surface area contributed by atoms with Gasteiger partial charge in [0.1, 0.15) is 0 Å². The molecule has 2 nitrogen and oxygen atoms in total. The van der Waals surface area contributed by atoms with Gasteiger partial charge in [-0.25, -0.2) is 0 Å². The summed E-state index contributed by atoms with van der Waals surface area (Å²) in [4.78, 5) is 0. The van der Waals surface area contributed by atoms with Gasteiger partial charge in [-0.2, -0.15) is 0 Å². The summed E-state index contributed by atoms with van der Waals surface area (Å²) in [5.41, 5.74) is 0. The molecule has 0 N–H and O–H groups in total. The van der Waals surface area contributed by atoms with Crippen LogP contribution in [0.2, 0.25) is 0 Å². The van der Waals surface area contributed by atoms with E-state index in [1.807, 2.05) is 0 Å². The average Bonchev–Trinajstić information content (AvgIpc) is 2.45. The molecule has 3 heteroatoms. The molecule has 4 unspecified atom stereocenters. The van der Waals surface area contributed by atoms with Crippen molar-refractivity contribution in [2.45, 2.75) is 12.8 Å². The standard InChI is InChI=1S/C8H12O2S/c9-11(10)5-8-4-6-1-2-7(8)3-6/h1-2,6-8H,3-5H2,(H,9,10)/p-1. The molecule has 0 aromatic rings. The largest absolute Gasteiger partial charge is 0.772 e. The second kappa shape index (κ2) is 2.72. The quantitative estimate of drug-likeness (QED) is 0.460. The number of hydrogen-bond acceptors (Lipinski definition) is 2. The summed E-state index contributed by atoms with van der Waals surface area (Å²) in [6, 6.07) is 0. The first kappa shape index (κ1) is 7.50. The summed E-state index contributed by atoms with van der Waals surface area (Å²) < 4.78 is 20.8. The summed E-state index contributed by atoms with van der Waals surface area (Å²) in [7, 11) is 0. The number of hydrogen-bond donors (Lipinski definition) is 0. The van der Waals surface area contributed by atoms with Crippen molar-refractivity contribution in [3.8, 4) is 0 Å². The Hall–Kier alpha value is -0.150. The molecule has 0 aromatic carbocycles. The fourth-order valence-corrected chi connectivity index (χ4v) is 2.99. The fourth-order valence-electron chi connectivity index (χ4n) is 2.26. The van der Waals surface area contributed by atoms with Gasteiger partial charge < -0.3 is 4.55 Å². The van der Waals surface area contributed by atoms with Gasteiger partial charge in [0, 0.05) is 5.75 Å². The molecule has 0 heterocycles. The van der Waals surface area contributed by atoms with E-state index in [-0.39, 0.29) is 0 Å². The van der Waals surface area contributed by atoms with Gasteiger partial charge in [0.25, 0.3) is 0 Å². The van der Waals surface area contributed by atoms with Crippen molar-refractivity contribution in [1.29, 1.82) is 0 Å². The number of fused-ring (bicyclic) bond motifs is 2. The second-order valence-corrected chi connectivity index (χ2v) is 4.45. The third kappa shape index (κ3) is 1.40. The smallest absolute Gasteiger partial charge is 0.0136 e. The van der Waals surface area contributed by atoms with Crippen LogP contribution in [0, 0.1) is 17.8 Å². The van der Waals surface area contributed by atoms with Crippen molar-refractivity contribution in [1.82, 2.24) is 0 Å². The molecule has 0 aliphatic heterocycles. The summed E-state index contributed by atoms with van der Waals surface area (Å²) in [6.45, 7) is 0. The molecule has 2 rings (SSSR count). The molecule has 0 radical (unpaired) electrons. The first-order valence-corrected chi connectivity index (χ1v) is 5.24. The molecule has 0 aromatic heterocycles. The zero-order chi connectivity index (χ0) is 7.84. The highest BCUT2D eigenvalue weighted by molar-refractivity contribution is 7.79. The van der Waals surface area contributed by atoms with Gasteiger partial charge in [0.05, 0.1) is 0 Å². The molecular weight excluding hydrogens is 160 g/mol. The zero-order valence-corrected chi connectivity index (χ0v) is 7.05. The van der Waals surface area contributed by atoms with E-state index < -0.39 is 11.1 Å². The van der Waals surface area contributed by atoms with E-state index in [0.717, 1.165) is 6.42 Å². The average molecular weight is 171 g/mol. The molecule has 0 amide bonds. The minimum atomic E-state index is -1.84. The monoisotopic (exact) mass is 171 g/mol. The molecule has 2 aliphatic carbocycles. The Labute approximate surface area is 69.0 Å². The number of allylic oxidation sites excluding steroid dienone is 2. The minimum Gasteiger partial charge on any atom is -0.772 e. The van der Waals surface area contributed by atoms with Crippen LogP contribution in [-0.2, 0) is 11.1 Å². The van der Waals surface area contributed by atoms with E-state index in [4.69, 9.17) is 0 Å². The lowest BCUT2D eigenvalue weighted by Crippen LogP contribution is -2.15. The lowest BCUT2D eigenvalue weighted by Gasteiger charge is -2.18. The Kier molecular flexibility index (Phi) is 1.85. The van der Waals surface area contributed by atoms with Crippen LogP contribution in [0.25, 0.3) is 0 Å². The van der Waals surface area contributed by atoms with Gasteiger partial charge in [0.15, 0.2) is 0 Å². The van der Waals surface area contributed by atoms with Crippen molar-refractivity contribution >= 4 is 11.1 Å². The maximum absolute atomic E-state index is 10.4. The zero-order valence-electron chi connectivity index (χ0n) is 6.23. The van der Waals surface area contributed by atoms with Gasteiger partial charge in [-0.05, 0) is 30.6 Å². The van der Waals surface area contributed by atoms with Crippen LogP contribution >= 0.6 is 0 Å². The normalized spacial score (nSPS) is 43.2. The number of rotatable bonds is 2. The summed E-state index contributed by atoms with van der Waals surface area (Å²) in [5.74, 6) is 2.04. The first-order chi connectivity index (χ1) is 5.25. The molecule has 4 atom stereocenters. The predicted octanol–water partition coefficient (Wildman–Crippen LogP) is 1.08. The van der Waals surface area contributed by atoms with Crippen molar-refractivity contribution in [2.24, 2.45) is 17.8 Å². The van der Waals surface area contributed by atoms with Crippen LogP contribution in [0.15, 0.2) is 12.2 Å². The van der Waals surface area contributed by atoms with E-state index in [0.29, 0.717) is 23.5 Å². The molecule has 0 spiro atoms. The Bertz CT molecular complexity index is 212. The second-order valence-electron chi connectivity index (χ2n) is 3.51. The summed E-state index contributed by atoms with van der Waals surface area (Å²) in [5, 5.41) is 0. The van der Waals surface area contributed by atoms with Crippen LogP contribution < -0.4 is 0 Å². The van der Waals surface area contributed by atoms with E-state index in [1.165, 1.54) is 6.42 Å². The van der Waals surface area contributed by atoms with Gasteiger partial charge in [-0.3, -0.25) is 4.21 Å². The van der Waals surface area contributed by atoms with Crippen molar-refractivity contribution in [3.63, 3.8) is 0 Å². The maximum atomic E-state index is 10.4. The van der Waals surface area contributed by atoms with Crippen LogP contribution in [0.5, 0.6) is 0 Å². The highest BCUT2D eigenvalue weighted by Gasteiger charge is 2.35. The van der Waals surface area contributed by atoms with E-state index in [2.05, 4.69) is 12.2 Å². The van der Waals surface area contributed by atoms with Crippen LogP contribution in [0.4, 0.5) is 0 Å². The molecule has 62 valence electrons. The summed E-state index contributed by atoms with van der Waals surface area (Å²) >= 11 is -1.84. The summed E-state index contributed by atoms with van der Waals surface area (Å²) in [6.07, 6.45) is 6.71. The van der Waals surface area contributed by atoms with E-state index in [1.54, 1.807) is 0 Å². The Morgan fingerprint density at radius 3 is 2.73 bits per heavy atom. The van der Waals surface area contributed by atoms with Crippen molar-refractivity contribution in [3.05, 3.63) is 12.2 Å². The Morgan fingerprint density at radius 1 is 1.45 bits per heavy atom. The van der Waals surface area contributed by atoms with Crippen LogP contribution in [0.1, 0.15) is 12.8 Å². The topological polar surface area (TPSA) is 40.1 Å². The first-order valence-electron chi connectivity index (χ1n) is 4.00. The van der Waals surface area contributed by atoms with Gasteiger partial charge in [-0.15, -0.1) is 0 Å². The predicted molar refractivity (Wildman–Crippen MR) is 42.6 cm³/mol. The van der Waals surface area contributed by atoms with Gasteiger partial charge in [0.2, 0.25) is 0 Å². The molecule has 0 saturated heterocycles. The lowest BCUT2D eigenvalue weighted by atomic mass is 9.96. The van der Waals surface area contributed by atoms with Crippen LogP contribution in [0.3, 0.4) is 0 Å².